The minimum absolute atomic E-state index is 0.0909. The number of fused-ring (bicyclic) bond motifs is 1. The number of hydrogen-bond acceptors (Lipinski definition) is 5. The van der Waals surface area contributed by atoms with Gasteiger partial charge in [0.15, 0.2) is 6.29 Å². The Morgan fingerprint density at radius 2 is 2.28 bits per heavy atom. The highest BCUT2D eigenvalue weighted by Gasteiger charge is 2.30. The highest BCUT2D eigenvalue weighted by molar-refractivity contribution is 6.38. The molecule has 0 bridgehead atoms. The van der Waals surface area contributed by atoms with Gasteiger partial charge in [0.2, 0.25) is 0 Å². The Hall–Kier alpha value is -2.48. The Kier molecular flexibility index (Phi) is 6.46. The van der Waals surface area contributed by atoms with Crippen molar-refractivity contribution >= 4 is 29.6 Å². The zero-order valence-electron chi connectivity index (χ0n) is 13.4. The summed E-state index contributed by atoms with van der Waals surface area (Å²) in [6.07, 6.45) is 2.11. The highest BCUT2D eigenvalue weighted by atomic mass is 35.5. The Morgan fingerprint density at radius 3 is 2.92 bits per heavy atom. The van der Waals surface area contributed by atoms with Crippen LogP contribution in [-0.2, 0) is 11.3 Å². The maximum absolute atomic E-state index is 12.5. The second-order valence-corrected chi connectivity index (χ2v) is 5.70. The molecule has 2 heterocycles. The van der Waals surface area contributed by atoms with Crippen LogP contribution in [0.3, 0.4) is 0 Å². The smallest absolute Gasteiger partial charge is 0.255 e. The molecule has 1 aliphatic rings. The van der Waals surface area contributed by atoms with Gasteiger partial charge in [-0.3, -0.25) is 9.59 Å². The van der Waals surface area contributed by atoms with Gasteiger partial charge in [-0.25, -0.2) is 13.8 Å². The number of rotatable bonds is 8. The number of aldehydes is 1. The number of carbonyl (C=O) groups is 2. The third kappa shape index (κ3) is 4.76. The number of anilines is 1. The molecule has 1 aromatic heterocycles. The molecule has 25 heavy (non-hydrogen) atoms. The Balaban J connectivity index is 2.19. The van der Waals surface area contributed by atoms with E-state index in [1.54, 1.807) is 13.1 Å². The molecule has 134 valence electrons. The Bertz CT molecular complexity index is 722. The molecule has 1 aromatic rings. The molecule has 0 saturated heterocycles. The fraction of sp³-hybridized carbons (Fsp3) is 0.312. The lowest BCUT2D eigenvalue weighted by atomic mass is 10.1. The monoisotopic (exact) mass is 370 g/mol. The summed E-state index contributed by atoms with van der Waals surface area (Å²) < 4.78 is 24.6. The number of halogens is 3. The van der Waals surface area contributed by atoms with Gasteiger partial charge in [0.1, 0.15) is 5.82 Å². The van der Waals surface area contributed by atoms with E-state index in [-0.39, 0.29) is 17.5 Å². The number of hydrogen-bond donors (Lipinski definition) is 2. The maximum atomic E-state index is 12.5. The third-order valence-corrected chi connectivity index (χ3v) is 3.73. The molecular formula is C16H17ClF2N4O2. The SMILES string of the molecule is CNc1nccc2c1CN(CC(C=C(Cl)C=O)=CNCC(F)F)C2=O. The lowest BCUT2D eigenvalue weighted by molar-refractivity contribution is -0.104. The quantitative estimate of drug-likeness (QED) is 0.416. The molecular weight excluding hydrogens is 354 g/mol. The van der Waals surface area contributed by atoms with E-state index in [9.17, 15) is 18.4 Å². The van der Waals surface area contributed by atoms with Gasteiger partial charge < -0.3 is 15.5 Å². The number of alkyl halides is 2. The van der Waals surface area contributed by atoms with E-state index in [0.29, 0.717) is 29.8 Å². The van der Waals surface area contributed by atoms with Crippen LogP contribution in [0.4, 0.5) is 14.6 Å². The van der Waals surface area contributed by atoms with E-state index in [1.807, 2.05) is 0 Å². The summed E-state index contributed by atoms with van der Waals surface area (Å²) in [5.41, 5.74) is 1.72. The topological polar surface area (TPSA) is 74.3 Å². The molecule has 2 N–H and O–H groups in total. The zero-order chi connectivity index (χ0) is 18.4. The number of allylic oxidation sites excluding steroid dienone is 1. The van der Waals surface area contributed by atoms with E-state index in [1.165, 1.54) is 23.4 Å². The van der Waals surface area contributed by atoms with Gasteiger partial charge in [0.05, 0.1) is 18.1 Å². The van der Waals surface area contributed by atoms with E-state index < -0.39 is 13.0 Å². The second-order valence-electron chi connectivity index (χ2n) is 5.26. The van der Waals surface area contributed by atoms with Gasteiger partial charge in [-0.1, -0.05) is 11.6 Å². The number of carbonyl (C=O) groups excluding carboxylic acids is 2. The first-order valence-electron chi connectivity index (χ1n) is 7.44. The van der Waals surface area contributed by atoms with Crippen molar-refractivity contribution < 1.29 is 18.4 Å². The number of pyridine rings is 1. The third-order valence-electron chi connectivity index (χ3n) is 3.53. The molecule has 9 heteroatoms. The largest absolute Gasteiger partial charge is 0.385 e. The number of nitrogens with zero attached hydrogens (tertiary/aromatic N) is 2. The molecule has 0 saturated carbocycles. The van der Waals surface area contributed by atoms with Crippen molar-refractivity contribution in [3.63, 3.8) is 0 Å². The van der Waals surface area contributed by atoms with Crippen LogP contribution in [0.25, 0.3) is 0 Å². The first kappa shape index (κ1) is 18.9. The minimum atomic E-state index is -2.52. The predicted molar refractivity (Wildman–Crippen MR) is 90.6 cm³/mol. The van der Waals surface area contributed by atoms with Gasteiger partial charge in [-0.2, -0.15) is 0 Å². The predicted octanol–water partition coefficient (Wildman–Crippen LogP) is 2.14. The summed E-state index contributed by atoms with van der Waals surface area (Å²) >= 11 is 5.71. The second kappa shape index (κ2) is 8.57. The summed E-state index contributed by atoms with van der Waals surface area (Å²) in [7, 11) is 1.71. The molecule has 0 aliphatic carbocycles. The summed E-state index contributed by atoms with van der Waals surface area (Å²) in [6, 6.07) is 1.63. The number of nitrogens with one attached hydrogen (secondary N) is 2. The van der Waals surface area contributed by atoms with Crippen molar-refractivity contribution in [1.82, 2.24) is 15.2 Å². The fourth-order valence-electron chi connectivity index (χ4n) is 2.47. The summed E-state index contributed by atoms with van der Waals surface area (Å²) in [4.78, 5) is 28.9. The summed E-state index contributed by atoms with van der Waals surface area (Å²) in [6.45, 7) is -0.119. The molecule has 0 aromatic carbocycles. The first-order valence-corrected chi connectivity index (χ1v) is 7.82. The van der Waals surface area contributed by atoms with Crippen molar-refractivity contribution in [2.45, 2.75) is 13.0 Å². The average molecular weight is 371 g/mol. The molecule has 0 atom stereocenters. The van der Waals surface area contributed by atoms with E-state index in [0.717, 1.165) is 5.56 Å². The fourth-order valence-corrected chi connectivity index (χ4v) is 2.61. The zero-order valence-corrected chi connectivity index (χ0v) is 14.2. The number of amides is 1. The maximum Gasteiger partial charge on any atom is 0.255 e. The summed E-state index contributed by atoms with van der Waals surface area (Å²) in [5.74, 6) is 0.403. The molecule has 0 radical (unpaired) electrons. The van der Waals surface area contributed by atoms with Gasteiger partial charge >= 0.3 is 0 Å². The van der Waals surface area contributed by atoms with Crippen LogP contribution in [0.15, 0.2) is 35.1 Å². The van der Waals surface area contributed by atoms with Crippen LogP contribution >= 0.6 is 11.6 Å². The lowest BCUT2D eigenvalue weighted by Crippen LogP contribution is -2.27. The van der Waals surface area contributed by atoms with Gasteiger partial charge in [0, 0.05) is 37.1 Å². The van der Waals surface area contributed by atoms with Gasteiger partial charge in [-0.05, 0) is 17.7 Å². The van der Waals surface area contributed by atoms with Crippen LogP contribution in [0.5, 0.6) is 0 Å². The lowest BCUT2D eigenvalue weighted by Gasteiger charge is -2.17. The van der Waals surface area contributed by atoms with Crippen molar-refractivity contribution in [2.75, 3.05) is 25.5 Å². The Labute approximate surface area is 148 Å². The van der Waals surface area contributed by atoms with Crippen LogP contribution in [0.2, 0.25) is 0 Å². The van der Waals surface area contributed by atoms with Crippen molar-refractivity contribution in [3.05, 3.63) is 46.3 Å². The highest BCUT2D eigenvalue weighted by Crippen LogP contribution is 2.28. The van der Waals surface area contributed by atoms with Crippen molar-refractivity contribution in [3.8, 4) is 0 Å². The average Bonchev–Trinajstić information content (AvgIpc) is 2.90. The van der Waals surface area contributed by atoms with Crippen LogP contribution in [0.1, 0.15) is 15.9 Å². The van der Waals surface area contributed by atoms with Crippen molar-refractivity contribution in [1.29, 1.82) is 0 Å². The number of aromatic nitrogens is 1. The van der Waals surface area contributed by atoms with E-state index in [4.69, 9.17) is 11.6 Å². The summed E-state index contributed by atoms with van der Waals surface area (Å²) in [5, 5.41) is 5.29. The molecule has 0 fully saturated rings. The Morgan fingerprint density at radius 1 is 1.52 bits per heavy atom. The van der Waals surface area contributed by atoms with E-state index >= 15 is 0 Å². The van der Waals surface area contributed by atoms with E-state index in [2.05, 4.69) is 15.6 Å². The van der Waals surface area contributed by atoms with Gasteiger partial charge in [0.25, 0.3) is 12.3 Å². The molecule has 2 rings (SSSR count). The molecule has 1 amide bonds. The molecule has 6 nitrogen and oxygen atoms in total. The van der Waals surface area contributed by atoms with Crippen LogP contribution < -0.4 is 10.6 Å². The van der Waals surface area contributed by atoms with Crippen LogP contribution in [0, 0.1) is 0 Å². The first-order chi connectivity index (χ1) is 12.0. The van der Waals surface area contributed by atoms with Crippen molar-refractivity contribution in [2.24, 2.45) is 0 Å². The standard InChI is InChI=1S/C16H17ClF2N4O2/c1-20-15-13-8-23(16(25)12(13)2-3-22-15)7-10(4-11(17)9-24)5-21-6-14(18)19/h2-5,9,14,21H,6-8H2,1H3,(H,20,22). The molecule has 0 unspecified atom stereocenters. The minimum Gasteiger partial charge on any atom is -0.385 e. The van der Waals surface area contributed by atoms with Crippen LogP contribution in [-0.4, -0.2) is 48.6 Å². The molecule has 0 spiro atoms. The molecule has 1 aliphatic heterocycles. The van der Waals surface area contributed by atoms with Gasteiger partial charge in [-0.15, -0.1) is 0 Å². The normalized spacial score (nSPS) is 14.8.